The summed E-state index contributed by atoms with van der Waals surface area (Å²) >= 11 is 0. The van der Waals surface area contributed by atoms with E-state index >= 15 is 0 Å². The lowest BCUT2D eigenvalue weighted by Crippen LogP contribution is -2.52. The van der Waals surface area contributed by atoms with Crippen molar-refractivity contribution >= 4 is 17.7 Å². The lowest BCUT2D eigenvalue weighted by molar-refractivity contribution is -0.136. The number of benzene rings is 1. The number of fused-ring (bicyclic) bond motifs is 1. The summed E-state index contributed by atoms with van der Waals surface area (Å²) in [5.74, 6) is 1.04. The summed E-state index contributed by atoms with van der Waals surface area (Å²) in [4.78, 5) is 40.9. The number of likely N-dealkylation sites (tertiary alicyclic amines) is 1. The van der Waals surface area contributed by atoms with Crippen LogP contribution in [0.2, 0.25) is 0 Å². The second-order valence-electron chi connectivity index (χ2n) is 9.95. The molecule has 5 rings (SSSR count). The molecular weight excluding hydrogens is 404 g/mol. The molecule has 172 valence electrons. The van der Waals surface area contributed by atoms with E-state index in [0.29, 0.717) is 18.5 Å². The van der Waals surface area contributed by atoms with Crippen molar-refractivity contribution in [3.05, 3.63) is 34.9 Å². The summed E-state index contributed by atoms with van der Waals surface area (Å²) in [7, 11) is 0. The van der Waals surface area contributed by atoms with Crippen LogP contribution in [0, 0.1) is 11.8 Å². The van der Waals surface area contributed by atoms with Crippen LogP contribution in [0.3, 0.4) is 0 Å². The predicted molar refractivity (Wildman–Crippen MR) is 121 cm³/mol. The minimum Gasteiger partial charge on any atom is -0.322 e. The number of rotatable bonds is 4. The molecule has 0 aromatic heterocycles. The maximum atomic E-state index is 13.1. The Hall–Kier alpha value is -2.25. The van der Waals surface area contributed by atoms with Crippen molar-refractivity contribution in [2.45, 2.75) is 64.1 Å². The first-order valence-electron chi connectivity index (χ1n) is 12.3. The second kappa shape index (κ2) is 9.32. The van der Waals surface area contributed by atoms with Crippen molar-refractivity contribution in [2.24, 2.45) is 11.8 Å². The van der Waals surface area contributed by atoms with Gasteiger partial charge in [-0.15, -0.1) is 0 Å². The van der Waals surface area contributed by atoms with E-state index in [0.717, 1.165) is 37.0 Å². The number of imide groups is 1. The molecule has 4 aliphatic rings. The van der Waals surface area contributed by atoms with Crippen LogP contribution in [0.5, 0.6) is 0 Å². The molecule has 32 heavy (non-hydrogen) atoms. The molecule has 3 amide bonds. The van der Waals surface area contributed by atoms with E-state index in [1.165, 1.54) is 50.8 Å². The molecule has 4 heterocycles. The Labute approximate surface area is 189 Å². The quantitative estimate of drug-likeness (QED) is 0.704. The molecule has 4 aliphatic heterocycles. The Morgan fingerprint density at radius 2 is 1.75 bits per heavy atom. The van der Waals surface area contributed by atoms with Crippen LogP contribution in [0.4, 0.5) is 0 Å². The highest BCUT2D eigenvalue weighted by molar-refractivity contribution is 6.05. The zero-order valence-electron chi connectivity index (χ0n) is 18.8. The molecule has 0 aliphatic carbocycles. The van der Waals surface area contributed by atoms with E-state index in [2.05, 4.69) is 21.6 Å². The lowest BCUT2D eigenvalue weighted by atomic mass is 9.80. The number of hydrogen-bond acceptors (Lipinski definition) is 5. The summed E-state index contributed by atoms with van der Waals surface area (Å²) in [5.41, 5.74) is 2.86. The van der Waals surface area contributed by atoms with Crippen LogP contribution in [-0.4, -0.2) is 59.7 Å². The number of carbonyl (C=O) groups is 3. The number of amides is 3. The van der Waals surface area contributed by atoms with Crippen molar-refractivity contribution in [1.82, 2.24) is 20.4 Å². The van der Waals surface area contributed by atoms with Gasteiger partial charge in [-0.3, -0.25) is 24.6 Å². The molecule has 0 spiro atoms. The standard InChI is InChI=1S/C25H34N4O3/c30-23-6-5-22(24(31)27-23)29-16-20-4-3-17(14-21(20)25(29)32)15-28-12-8-19(9-13-28)18-2-1-10-26-11-7-18/h3-4,14,18-19,22,26H,1-2,5-13,15-16H2,(H,27,30,31). The minimum absolute atomic E-state index is 0.0861. The predicted octanol–water partition coefficient (Wildman–Crippen LogP) is 2.05. The summed E-state index contributed by atoms with van der Waals surface area (Å²) in [5, 5.41) is 5.90. The highest BCUT2D eigenvalue weighted by Gasteiger charge is 2.39. The van der Waals surface area contributed by atoms with Gasteiger partial charge in [0.15, 0.2) is 0 Å². The van der Waals surface area contributed by atoms with Gasteiger partial charge in [-0.1, -0.05) is 12.1 Å². The molecular formula is C25H34N4O3. The summed E-state index contributed by atoms with van der Waals surface area (Å²) in [6.45, 7) is 5.92. The molecule has 7 nitrogen and oxygen atoms in total. The van der Waals surface area contributed by atoms with Gasteiger partial charge in [0.1, 0.15) is 6.04 Å². The zero-order valence-corrected chi connectivity index (χ0v) is 18.8. The fraction of sp³-hybridized carbons (Fsp3) is 0.640. The van der Waals surface area contributed by atoms with Crippen LogP contribution in [0.15, 0.2) is 18.2 Å². The highest BCUT2D eigenvalue weighted by atomic mass is 16.2. The van der Waals surface area contributed by atoms with Crippen molar-refractivity contribution in [2.75, 3.05) is 26.2 Å². The van der Waals surface area contributed by atoms with Gasteiger partial charge >= 0.3 is 0 Å². The Morgan fingerprint density at radius 3 is 2.56 bits per heavy atom. The fourth-order valence-corrected chi connectivity index (χ4v) is 6.06. The molecule has 3 fully saturated rings. The number of nitrogens with zero attached hydrogens (tertiary/aromatic N) is 2. The lowest BCUT2D eigenvalue weighted by Gasteiger charge is -2.36. The smallest absolute Gasteiger partial charge is 0.255 e. The van der Waals surface area contributed by atoms with E-state index < -0.39 is 6.04 Å². The van der Waals surface area contributed by atoms with Crippen molar-refractivity contribution < 1.29 is 14.4 Å². The Bertz CT molecular complexity index is 885. The normalized spacial score (nSPS) is 27.9. The summed E-state index contributed by atoms with van der Waals surface area (Å²) < 4.78 is 0. The first-order valence-corrected chi connectivity index (χ1v) is 12.3. The molecule has 7 heteroatoms. The van der Waals surface area contributed by atoms with Crippen LogP contribution in [0.1, 0.15) is 66.4 Å². The number of carbonyl (C=O) groups excluding carboxylic acids is 3. The van der Waals surface area contributed by atoms with Crippen LogP contribution >= 0.6 is 0 Å². The Morgan fingerprint density at radius 1 is 0.938 bits per heavy atom. The maximum absolute atomic E-state index is 13.1. The van der Waals surface area contributed by atoms with Gasteiger partial charge in [0, 0.05) is 25.1 Å². The molecule has 2 atom stereocenters. The van der Waals surface area contributed by atoms with Crippen LogP contribution in [-0.2, 0) is 22.7 Å². The third kappa shape index (κ3) is 4.46. The van der Waals surface area contributed by atoms with Crippen LogP contribution in [0.25, 0.3) is 0 Å². The van der Waals surface area contributed by atoms with E-state index in [-0.39, 0.29) is 24.1 Å². The van der Waals surface area contributed by atoms with Gasteiger partial charge in [-0.2, -0.15) is 0 Å². The number of piperidine rings is 2. The van der Waals surface area contributed by atoms with Crippen molar-refractivity contribution in [3.8, 4) is 0 Å². The largest absolute Gasteiger partial charge is 0.322 e. The van der Waals surface area contributed by atoms with Gasteiger partial charge in [0.2, 0.25) is 11.8 Å². The van der Waals surface area contributed by atoms with E-state index in [9.17, 15) is 14.4 Å². The zero-order chi connectivity index (χ0) is 22.1. The average molecular weight is 439 g/mol. The minimum atomic E-state index is -0.547. The third-order valence-electron chi connectivity index (χ3n) is 7.92. The molecule has 2 N–H and O–H groups in total. The SMILES string of the molecule is O=C1CCC(N2Cc3ccc(CN4CCC(C5CCCNCC5)CC4)cc3C2=O)C(=O)N1. The average Bonchev–Trinajstić information content (AvgIpc) is 2.96. The third-order valence-corrected chi connectivity index (χ3v) is 7.92. The molecule has 0 bridgehead atoms. The van der Waals surface area contributed by atoms with Crippen LogP contribution < -0.4 is 10.6 Å². The van der Waals surface area contributed by atoms with Gasteiger partial charge in [0.05, 0.1) is 0 Å². The van der Waals surface area contributed by atoms with E-state index in [4.69, 9.17) is 0 Å². The highest BCUT2D eigenvalue weighted by Crippen LogP contribution is 2.33. The summed E-state index contributed by atoms with van der Waals surface area (Å²) in [6, 6.07) is 5.64. The monoisotopic (exact) mass is 438 g/mol. The summed E-state index contributed by atoms with van der Waals surface area (Å²) in [6.07, 6.45) is 7.24. The first kappa shape index (κ1) is 21.6. The maximum Gasteiger partial charge on any atom is 0.255 e. The first-order chi connectivity index (χ1) is 15.6. The van der Waals surface area contributed by atoms with E-state index in [1.807, 2.05) is 12.1 Å². The van der Waals surface area contributed by atoms with Gasteiger partial charge in [-0.25, -0.2) is 0 Å². The van der Waals surface area contributed by atoms with Crippen molar-refractivity contribution in [3.63, 3.8) is 0 Å². The molecule has 0 saturated carbocycles. The van der Waals surface area contributed by atoms with Gasteiger partial charge in [-0.05, 0) is 93.7 Å². The van der Waals surface area contributed by atoms with Gasteiger partial charge in [0.25, 0.3) is 5.91 Å². The Balaban J connectivity index is 1.18. The molecule has 2 unspecified atom stereocenters. The topological polar surface area (TPSA) is 81.8 Å². The Kier molecular flexibility index (Phi) is 6.28. The number of nitrogens with one attached hydrogen (secondary N) is 2. The molecule has 3 saturated heterocycles. The van der Waals surface area contributed by atoms with Gasteiger partial charge < -0.3 is 10.2 Å². The second-order valence-corrected chi connectivity index (χ2v) is 9.95. The molecule has 0 radical (unpaired) electrons. The van der Waals surface area contributed by atoms with Crippen molar-refractivity contribution in [1.29, 1.82) is 0 Å². The van der Waals surface area contributed by atoms with E-state index in [1.54, 1.807) is 4.90 Å². The molecule has 1 aromatic rings. The molecule has 1 aromatic carbocycles. The number of hydrogen-bond donors (Lipinski definition) is 2. The fourth-order valence-electron chi connectivity index (χ4n) is 6.06.